The third-order valence-electron chi connectivity index (χ3n) is 5.34. The van der Waals surface area contributed by atoms with Gasteiger partial charge in [0.05, 0.1) is 38.9 Å². The number of hydrogen-bond acceptors (Lipinski definition) is 7. The summed E-state index contributed by atoms with van der Waals surface area (Å²) in [6.07, 6.45) is -0.344. The van der Waals surface area contributed by atoms with Crippen LogP contribution in [0.5, 0.6) is 11.5 Å². The number of amides is 2. The smallest absolute Gasteiger partial charge is 0.305 e. The predicted octanol–water partition coefficient (Wildman–Crippen LogP) is 2.60. The molecule has 36 heavy (non-hydrogen) atoms. The summed E-state index contributed by atoms with van der Waals surface area (Å²) in [6.45, 7) is 1.71. The third-order valence-corrected chi connectivity index (χ3v) is 6.36. The van der Waals surface area contributed by atoms with Gasteiger partial charge in [-0.3, -0.25) is 19.2 Å². The van der Waals surface area contributed by atoms with Gasteiger partial charge in [0, 0.05) is 11.3 Å². The summed E-state index contributed by atoms with van der Waals surface area (Å²) in [7, 11) is 3.00. The maximum Gasteiger partial charge on any atom is 0.305 e. The lowest BCUT2D eigenvalue weighted by Crippen LogP contribution is -2.52. The van der Waals surface area contributed by atoms with Crippen molar-refractivity contribution >= 4 is 35.3 Å². The van der Waals surface area contributed by atoms with Gasteiger partial charge in [0.25, 0.3) is 0 Å². The van der Waals surface area contributed by atoms with Crippen LogP contribution in [-0.4, -0.2) is 60.7 Å². The molecule has 0 radical (unpaired) electrons. The summed E-state index contributed by atoms with van der Waals surface area (Å²) in [6, 6.07) is 12.5. The second kappa shape index (κ2) is 14.8. The molecule has 3 N–H and O–H groups in total. The van der Waals surface area contributed by atoms with Gasteiger partial charge in [0.15, 0.2) is 5.78 Å². The van der Waals surface area contributed by atoms with E-state index in [0.29, 0.717) is 22.8 Å². The second-order valence-electron chi connectivity index (χ2n) is 7.99. The van der Waals surface area contributed by atoms with E-state index in [0.717, 1.165) is 5.56 Å². The minimum absolute atomic E-state index is 0.0475. The van der Waals surface area contributed by atoms with Gasteiger partial charge >= 0.3 is 5.97 Å². The molecule has 0 saturated carbocycles. The molecule has 0 fully saturated rings. The predicted molar refractivity (Wildman–Crippen MR) is 137 cm³/mol. The van der Waals surface area contributed by atoms with Crippen LogP contribution >= 0.6 is 11.8 Å². The van der Waals surface area contributed by atoms with Crippen LogP contribution in [0.4, 0.5) is 0 Å². The number of ether oxygens (including phenoxy) is 2. The quantitative estimate of drug-likeness (QED) is 0.329. The molecule has 0 aliphatic rings. The number of carboxylic acid groups (broad SMARTS) is 1. The highest BCUT2D eigenvalue weighted by Gasteiger charge is 2.27. The van der Waals surface area contributed by atoms with Crippen molar-refractivity contribution in [2.24, 2.45) is 0 Å². The van der Waals surface area contributed by atoms with Crippen molar-refractivity contribution in [2.75, 3.05) is 20.0 Å². The van der Waals surface area contributed by atoms with Crippen LogP contribution in [0, 0.1) is 0 Å². The second-order valence-corrected chi connectivity index (χ2v) is 8.97. The lowest BCUT2D eigenvalue weighted by molar-refractivity contribution is -0.140. The Morgan fingerprint density at radius 3 is 2.31 bits per heavy atom. The molecule has 2 amide bonds. The van der Waals surface area contributed by atoms with Gasteiger partial charge < -0.3 is 25.2 Å². The van der Waals surface area contributed by atoms with Gasteiger partial charge in [0.2, 0.25) is 11.8 Å². The molecule has 1 unspecified atom stereocenters. The van der Waals surface area contributed by atoms with E-state index in [1.54, 1.807) is 25.1 Å². The molecule has 9 nitrogen and oxygen atoms in total. The highest BCUT2D eigenvalue weighted by Crippen LogP contribution is 2.24. The van der Waals surface area contributed by atoms with Crippen LogP contribution < -0.4 is 20.1 Å². The van der Waals surface area contributed by atoms with Crippen LogP contribution in [0.25, 0.3) is 0 Å². The molecule has 0 spiro atoms. The number of Topliss-reactive ketones (excluding diaryl/α,β-unsaturated/α-hetero) is 1. The molecule has 10 heteroatoms. The average molecular weight is 517 g/mol. The Morgan fingerprint density at radius 2 is 1.69 bits per heavy atom. The summed E-state index contributed by atoms with van der Waals surface area (Å²) in [4.78, 5) is 49.6. The Bertz CT molecular complexity index is 1050. The van der Waals surface area contributed by atoms with Gasteiger partial charge in [-0.15, -0.1) is 11.8 Å². The zero-order chi connectivity index (χ0) is 26.5. The molecule has 2 aromatic carbocycles. The zero-order valence-corrected chi connectivity index (χ0v) is 21.4. The molecular formula is C26H32N2O7S. The fraction of sp³-hybridized carbons (Fsp3) is 0.385. The van der Waals surface area contributed by atoms with E-state index in [9.17, 15) is 24.3 Å². The highest BCUT2D eigenvalue weighted by molar-refractivity contribution is 7.99. The van der Waals surface area contributed by atoms with E-state index in [2.05, 4.69) is 10.6 Å². The molecule has 2 aromatic rings. The van der Waals surface area contributed by atoms with Gasteiger partial charge in [-0.2, -0.15) is 0 Å². The topological polar surface area (TPSA) is 131 Å². The van der Waals surface area contributed by atoms with Crippen molar-refractivity contribution in [1.82, 2.24) is 10.6 Å². The molecular weight excluding hydrogens is 484 g/mol. The first kappa shape index (κ1) is 28.7. The molecule has 194 valence electrons. The summed E-state index contributed by atoms with van der Waals surface area (Å²) in [5.41, 5.74) is 1.62. The number of benzene rings is 2. The summed E-state index contributed by atoms with van der Waals surface area (Å²) >= 11 is 1.34. The number of carboxylic acids is 1. The first-order valence-electron chi connectivity index (χ1n) is 11.4. The van der Waals surface area contributed by atoms with Crippen LogP contribution in [0.15, 0.2) is 48.5 Å². The molecule has 0 saturated heterocycles. The minimum atomic E-state index is -1.20. The number of methoxy groups -OCH3 is 2. The fourth-order valence-electron chi connectivity index (χ4n) is 3.43. The minimum Gasteiger partial charge on any atom is -0.497 e. The number of hydrogen-bond donors (Lipinski definition) is 3. The van der Waals surface area contributed by atoms with Gasteiger partial charge in [0.1, 0.15) is 17.5 Å². The lowest BCUT2D eigenvalue weighted by atomic mass is 10.1. The van der Waals surface area contributed by atoms with Crippen molar-refractivity contribution in [3.63, 3.8) is 0 Å². The monoisotopic (exact) mass is 516 g/mol. The van der Waals surface area contributed by atoms with Crippen LogP contribution in [0.2, 0.25) is 0 Å². The first-order chi connectivity index (χ1) is 17.3. The number of rotatable bonds is 15. The van der Waals surface area contributed by atoms with Crippen molar-refractivity contribution in [2.45, 2.75) is 44.0 Å². The Labute approximate surface area is 214 Å². The van der Waals surface area contributed by atoms with Gasteiger partial charge in [-0.1, -0.05) is 37.3 Å². The van der Waals surface area contributed by atoms with Crippen molar-refractivity contribution in [3.05, 3.63) is 59.7 Å². The number of nitrogens with one attached hydrogen (secondary N) is 2. The lowest BCUT2D eigenvalue weighted by Gasteiger charge is -2.21. The standard InChI is InChI=1S/C26H32N2O7S/c1-4-20(27-24(30)13-18-12-19(34-2)10-11-23(18)35-3)26(33)28-21(14-25(31)32)22(29)16-36-15-17-8-6-5-7-9-17/h5-12,20-21H,4,13-16H2,1-3H3,(H,27,30)(H,28,33)(H,31,32)/t20-,21?/m0/s1. The number of carbonyl (C=O) groups is 4. The van der Waals surface area contributed by atoms with E-state index in [4.69, 9.17) is 9.47 Å². The van der Waals surface area contributed by atoms with E-state index >= 15 is 0 Å². The van der Waals surface area contributed by atoms with Crippen LogP contribution in [0.1, 0.15) is 30.9 Å². The van der Waals surface area contributed by atoms with Gasteiger partial charge in [-0.05, 0) is 30.2 Å². The maximum atomic E-state index is 12.9. The summed E-state index contributed by atoms with van der Waals surface area (Å²) < 4.78 is 10.5. The Balaban J connectivity index is 1.98. The Hall–Kier alpha value is -3.53. The maximum absolute atomic E-state index is 12.9. The number of ketones is 1. The van der Waals surface area contributed by atoms with E-state index in [-0.39, 0.29) is 18.6 Å². The number of aliphatic carboxylic acids is 1. The molecule has 2 atom stereocenters. The van der Waals surface area contributed by atoms with Crippen molar-refractivity contribution in [1.29, 1.82) is 0 Å². The molecule has 0 aliphatic heterocycles. The fourth-order valence-corrected chi connectivity index (χ4v) is 4.36. The van der Waals surface area contributed by atoms with Crippen molar-refractivity contribution in [3.8, 4) is 11.5 Å². The number of carbonyl (C=O) groups excluding carboxylic acids is 3. The van der Waals surface area contributed by atoms with Crippen LogP contribution in [0.3, 0.4) is 0 Å². The zero-order valence-electron chi connectivity index (χ0n) is 20.6. The molecule has 0 aromatic heterocycles. The van der Waals surface area contributed by atoms with E-state index < -0.39 is 42.1 Å². The van der Waals surface area contributed by atoms with E-state index in [1.165, 1.54) is 26.0 Å². The Morgan fingerprint density at radius 1 is 0.972 bits per heavy atom. The molecule has 0 aliphatic carbocycles. The normalized spacial score (nSPS) is 12.2. The SMILES string of the molecule is CC[C@H](NC(=O)Cc1cc(OC)ccc1OC)C(=O)NC(CC(=O)O)C(=O)CSCc1ccccc1. The first-order valence-corrected chi connectivity index (χ1v) is 12.6. The number of thioether (sulfide) groups is 1. The average Bonchev–Trinajstić information content (AvgIpc) is 2.87. The molecule has 2 rings (SSSR count). The molecule has 0 heterocycles. The van der Waals surface area contributed by atoms with Gasteiger partial charge in [-0.25, -0.2) is 0 Å². The Kier molecular flexibility index (Phi) is 11.8. The van der Waals surface area contributed by atoms with Crippen LogP contribution in [-0.2, 0) is 31.4 Å². The summed E-state index contributed by atoms with van der Waals surface area (Å²) in [5, 5.41) is 14.4. The van der Waals surface area contributed by atoms with Crippen molar-refractivity contribution < 1.29 is 33.8 Å². The summed E-state index contributed by atoms with van der Waals surface area (Å²) in [5.74, 6) is -0.947. The third kappa shape index (κ3) is 9.26. The largest absolute Gasteiger partial charge is 0.497 e. The molecule has 0 bridgehead atoms. The van der Waals surface area contributed by atoms with E-state index in [1.807, 2.05) is 30.3 Å². The highest BCUT2D eigenvalue weighted by atomic mass is 32.2.